The summed E-state index contributed by atoms with van der Waals surface area (Å²) < 4.78 is 25.9. The number of likely N-dealkylation sites (tertiary alicyclic amines) is 1. The lowest BCUT2D eigenvalue weighted by molar-refractivity contribution is -0.145. The summed E-state index contributed by atoms with van der Waals surface area (Å²) in [6.07, 6.45) is 12.8. The third kappa shape index (κ3) is 11.1. The van der Waals surface area contributed by atoms with Crippen molar-refractivity contribution >= 4 is 39.4 Å². The van der Waals surface area contributed by atoms with Crippen LogP contribution in [0.25, 0.3) is 0 Å². The van der Waals surface area contributed by atoms with E-state index in [9.17, 15) is 32.4 Å². The maximum Gasteiger partial charge on any atom is 0.315 e. The van der Waals surface area contributed by atoms with Crippen molar-refractivity contribution in [3.05, 3.63) is 12.7 Å². The van der Waals surface area contributed by atoms with E-state index in [1.54, 1.807) is 25.7 Å². The van der Waals surface area contributed by atoms with E-state index in [0.29, 0.717) is 51.5 Å². The second-order valence-corrected chi connectivity index (χ2v) is 21.0. The number of rotatable bonds is 16. The van der Waals surface area contributed by atoms with Gasteiger partial charge in [-0.2, -0.15) is 0 Å². The highest BCUT2D eigenvalue weighted by molar-refractivity contribution is 7.92. The molecule has 4 aliphatic rings. The van der Waals surface area contributed by atoms with Crippen LogP contribution < -0.4 is 21.3 Å². The number of Topliss-reactive ketones (excluding diaryl/α,β-unsaturated/α-hetero) is 1. The van der Waals surface area contributed by atoms with Gasteiger partial charge in [-0.3, -0.25) is 19.2 Å². The molecule has 4 N–H and O–H groups in total. The van der Waals surface area contributed by atoms with Gasteiger partial charge in [-0.1, -0.05) is 78.2 Å². The van der Waals surface area contributed by atoms with Gasteiger partial charge in [0, 0.05) is 13.1 Å². The highest BCUT2D eigenvalue weighted by Crippen LogP contribution is 2.42. The standard InChI is InChI=1S/C40H67N5O7S/c1-8-22-41-35(48)32(46)30(25-28-15-16-28)42-34(47)31-29(24-27(2)3)17-23-45(31)36(49)33(39(7)18-11-9-12-19-39)43-37(50)44-40(20-13-10-14-21-40)26-53(51,52)38(4,5)6/h8,27-31,33H,1,9-26H2,2-7H3,(H,41,48)(H,42,47)(H2,43,44,50)/t29-,30+,31+,33-/m1/s1. The molecule has 13 heteroatoms. The first kappa shape index (κ1) is 42.8. The van der Waals surface area contributed by atoms with Crippen LogP contribution in [0.1, 0.15) is 138 Å². The van der Waals surface area contributed by atoms with Crippen molar-refractivity contribution in [2.24, 2.45) is 23.2 Å². The van der Waals surface area contributed by atoms with Gasteiger partial charge in [0.2, 0.25) is 17.6 Å². The van der Waals surface area contributed by atoms with Crippen molar-refractivity contribution in [2.45, 2.75) is 166 Å². The highest BCUT2D eigenvalue weighted by Gasteiger charge is 2.50. The van der Waals surface area contributed by atoms with Crippen LogP contribution in [-0.2, 0) is 29.0 Å². The SMILES string of the molecule is C=CCNC(=O)C(=O)[C@H](CC1CC1)NC(=O)[C@@H]1[C@@H](CC(C)C)CCN1C(=O)[C@@H](NC(=O)NC1(CS(=O)(=O)C(C)(C)C)CCCCC1)C1(C)CCCCC1. The first-order valence-electron chi connectivity index (χ1n) is 20.2. The van der Waals surface area contributed by atoms with E-state index >= 15 is 0 Å². The molecule has 300 valence electrons. The number of urea groups is 1. The first-order chi connectivity index (χ1) is 24.8. The van der Waals surface area contributed by atoms with Gasteiger partial charge in [0.1, 0.15) is 12.1 Å². The Morgan fingerprint density at radius 3 is 2.04 bits per heavy atom. The number of sulfone groups is 1. The number of nitrogens with one attached hydrogen (secondary N) is 4. The average Bonchev–Trinajstić information content (AvgIpc) is 3.80. The van der Waals surface area contributed by atoms with Gasteiger partial charge in [0.25, 0.3) is 5.91 Å². The Morgan fingerprint density at radius 1 is 0.887 bits per heavy atom. The smallest absolute Gasteiger partial charge is 0.315 e. The van der Waals surface area contributed by atoms with Crippen molar-refractivity contribution in [1.82, 2.24) is 26.2 Å². The predicted octanol–water partition coefficient (Wildman–Crippen LogP) is 4.96. The zero-order chi connectivity index (χ0) is 39.2. The number of nitrogens with zero attached hydrogens (tertiary/aromatic N) is 1. The number of hydrogen-bond donors (Lipinski definition) is 4. The molecule has 4 rings (SSSR count). The highest BCUT2D eigenvalue weighted by atomic mass is 32.2. The van der Waals surface area contributed by atoms with E-state index in [1.165, 1.54) is 6.08 Å². The van der Waals surface area contributed by atoms with Crippen LogP contribution in [0.5, 0.6) is 0 Å². The maximum atomic E-state index is 15.0. The predicted molar refractivity (Wildman–Crippen MR) is 207 cm³/mol. The third-order valence-electron chi connectivity index (χ3n) is 12.2. The molecule has 3 aliphatic carbocycles. The molecule has 1 heterocycles. The van der Waals surface area contributed by atoms with Gasteiger partial charge in [-0.25, -0.2) is 13.2 Å². The zero-order valence-electron chi connectivity index (χ0n) is 33.2. The number of amides is 5. The first-order valence-corrected chi connectivity index (χ1v) is 21.8. The monoisotopic (exact) mass is 761 g/mol. The summed E-state index contributed by atoms with van der Waals surface area (Å²) in [6, 6.07) is -3.41. The van der Waals surface area contributed by atoms with Gasteiger partial charge < -0.3 is 26.2 Å². The summed E-state index contributed by atoms with van der Waals surface area (Å²) >= 11 is 0. The fourth-order valence-corrected chi connectivity index (χ4v) is 10.3. The third-order valence-corrected chi connectivity index (χ3v) is 15.0. The maximum absolute atomic E-state index is 15.0. The van der Waals surface area contributed by atoms with Crippen LogP contribution in [-0.4, -0.2) is 90.1 Å². The molecule has 5 amide bonds. The molecule has 0 aromatic heterocycles. The molecule has 0 radical (unpaired) electrons. The Labute approximate surface area is 318 Å². The largest absolute Gasteiger partial charge is 0.346 e. The Hall–Kier alpha value is -2.96. The van der Waals surface area contributed by atoms with Crippen LogP contribution >= 0.6 is 0 Å². The van der Waals surface area contributed by atoms with Crippen molar-refractivity contribution in [2.75, 3.05) is 18.8 Å². The summed E-state index contributed by atoms with van der Waals surface area (Å²) in [6.45, 7) is 15.2. The molecule has 3 saturated carbocycles. The van der Waals surface area contributed by atoms with Crippen molar-refractivity contribution < 1.29 is 32.4 Å². The Kier molecular flexibility index (Phi) is 14.3. The molecular formula is C40H67N5O7S. The van der Waals surface area contributed by atoms with Gasteiger partial charge in [0.15, 0.2) is 9.84 Å². The molecule has 0 bridgehead atoms. The molecule has 0 unspecified atom stereocenters. The number of ketones is 1. The Morgan fingerprint density at radius 2 is 1.49 bits per heavy atom. The summed E-state index contributed by atoms with van der Waals surface area (Å²) in [5, 5.41) is 11.6. The summed E-state index contributed by atoms with van der Waals surface area (Å²) in [4.78, 5) is 71.1. The molecule has 1 aliphatic heterocycles. The molecule has 0 spiro atoms. The van der Waals surface area contributed by atoms with Crippen molar-refractivity contribution in [1.29, 1.82) is 0 Å². The fraction of sp³-hybridized carbons (Fsp3) is 0.825. The minimum absolute atomic E-state index is 0.129. The number of carbonyl (C=O) groups is 5. The molecule has 0 aromatic carbocycles. The molecule has 4 fully saturated rings. The summed E-state index contributed by atoms with van der Waals surface area (Å²) in [7, 11) is -3.57. The van der Waals surface area contributed by atoms with Gasteiger partial charge in [0.05, 0.1) is 22.1 Å². The zero-order valence-corrected chi connectivity index (χ0v) is 34.0. The molecule has 53 heavy (non-hydrogen) atoms. The van der Waals surface area contributed by atoms with Gasteiger partial charge >= 0.3 is 6.03 Å². The quantitative estimate of drug-likeness (QED) is 0.127. The van der Waals surface area contributed by atoms with Gasteiger partial charge in [-0.05, 0) is 88.9 Å². The van der Waals surface area contributed by atoms with Crippen LogP contribution in [0.15, 0.2) is 12.7 Å². The van der Waals surface area contributed by atoms with E-state index < -0.39 is 67.3 Å². The summed E-state index contributed by atoms with van der Waals surface area (Å²) in [5.41, 5.74) is -1.54. The topological polar surface area (TPSA) is 171 Å². The lowest BCUT2D eigenvalue weighted by atomic mass is 9.70. The van der Waals surface area contributed by atoms with Gasteiger partial charge in [-0.15, -0.1) is 6.58 Å². The van der Waals surface area contributed by atoms with Crippen LogP contribution in [0.4, 0.5) is 4.79 Å². The Balaban J connectivity index is 1.63. The van der Waals surface area contributed by atoms with E-state index in [2.05, 4.69) is 41.7 Å². The van der Waals surface area contributed by atoms with E-state index in [0.717, 1.165) is 51.4 Å². The minimum Gasteiger partial charge on any atom is -0.346 e. The molecule has 4 atom stereocenters. The van der Waals surface area contributed by atoms with E-state index in [1.807, 2.05) is 6.92 Å². The van der Waals surface area contributed by atoms with E-state index in [-0.39, 0.29) is 36.0 Å². The average molecular weight is 762 g/mol. The fourth-order valence-electron chi connectivity index (χ4n) is 8.77. The van der Waals surface area contributed by atoms with Crippen LogP contribution in [0, 0.1) is 23.2 Å². The van der Waals surface area contributed by atoms with Crippen molar-refractivity contribution in [3.63, 3.8) is 0 Å². The summed E-state index contributed by atoms with van der Waals surface area (Å²) in [5.74, 6) is -2.15. The number of hydrogen-bond acceptors (Lipinski definition) is 7. The molecule has 0 aromatic rings. The lowest BCUT2D eigenvalue weighted by Gasteiger charge is -2.44. The second kappa shape index (κ2) is 17.7. The van der Waals surface area contributed by atoms with Crippen LogP contribution in [0.3, 0.4) is 0 Å². The Bertz CT molecular complexity index is 1460. The van der Waals surface area contributed by atoms with Crippen molar-refractivity contribution in [3.8, 4) is 0 Å². The minimum atomic E-state index is -3.57. The molecule has 12 nitrogen and oxygen atoms in total. The number of carbonyl (C=O) groups excluding carboxylic acids is 5. The van der Waals surface area contributed by atoms with Crippen LogP contribution in [0.2, 0.25) is 0 Å². The normalized spacial score (nSPS) is 24.1. The molecule has 1 saturated heterocycles. The van der Waals surface area contributed by atoms with E-state index in [4.69, 9.17) is 0 Å². The second-order valence-electron chi connectivity index (χ2n) is 18.2. The molecular weight excluding hydrogens is 695 g/mol. The lowest BCUT2D eigenvalue weighted by Crippen LogP contribution is -2.64.